The molecule has 15 heteroatoms. The highest BCUT2D eigenvalue weighted by Gasteiger charge is 2.45. The van der Waals surface area contributed by atoms with E-state index < -0.39 is 60.3 Å². The number of rotatable bonds is 12. The highest BCUT2D eigenvalue weighted by molar-refractivity contribution is 6.38. The minimum atomic E-state index is -1.24. The van der Waals surface area contributed by atoms with Gasteiger partial charge in [0.05, 0.1) is 25.3 Å². The molecule has 2 aliphatic heterocycles. The summed E-state index contributed by atoms with van der Waals surface area (Å²) in [7, 11) is 3.12. The maximum absolute atomic E-state index is 14.5. The summed E-state index contributed by atoms with van der Waals surface area (Å²) in [6.45, 7) is 1.73. The monoisotopic (exact) mass is 788 g/mol. The third kappa shape index (κ3) is 11.9. The van der Waals surface area contributed by atoms with E-state index in [9.17, 15) is 33.6 Å². The van der Waals surface area contributed by atoms with Gasteiger partial charge in [-0.15, -0.1) is 0 Å². The Labute approximate surface area is 333 Å². The minimum Gasteiger partial charge on any atom is -0.491 e. The van der Waals surface area contributed by atoms with Crippen LogP contribution in [0, 0.1) is 5.92 Å². The van der Waals surface area contributed by atoms with Crippen molar-refractivity contribution in [2.75, 3.05) is 40.4 Å². The van der Waals surface area contributed by atoms with Gasteiger partial charge in [-0.05, 0) is 54.9 Å². The van der Waals surface area contributed by atoms with Gasteiger partial charge in [0.15, 0.2) is 0 Å². The Kier molecular flexibility index (Phi) is 15.6. The van der Waals surface area contributed by atoms with E-state index in [1.807, 2.05) is 24.3 Å². The second-order valence-corrected chi connectivity index (χ2v) is 15.2. The van der Waals surface area contributed by atoms with E-state index in [-0.39, 0.29) is 62.7 Å². The molecule has 5 unspecified atom stereocenters. The van der Waals surface area contributed by atoms with Crippen molar-refractivity contribution < 1.29 is 43.0 Å². The van der Waals surface area contributed by atoms with Gasteiger partial charge in [0.25, 0.3) is 5.91 Å². The van der Waals surface area contributed by atoms with Crippen LogP contribution in [0.25, 0.3) is 0 Å². The lowest BCUT2D eigenvalue weighted by molar-refractivity contribution is -0.144. The predicted molar refractivity (Wildman–Crippen MR) is 209 cm³/mol. The number of fused-ring (bicyclic) bond motifs is 4. The number of nitrogens with zero attached hydrogens (tertiary/aromatic N) is 2. The Morgan fingerprint density at radius 3 is 2.40 bits per heavy atom. The Bertz CT molecular complexity index is 1750. The van der Waals surface area contributed by atoms with Crippen molar-refractivity contribution in [3.05, 3.63) is 65.7 Å². The molecule has 0 aromatic heterocycles. The smallest absolute Gasteiger partial charge is 0.290 e. The first-order chi connectivity index (χ1) is 27.4. The zero-order valence-corrected chi connectivity index (χ0v) is 33.1. The number of amides is 6. The van der Waals surface area contributed by atoms with Crippen molar-refractivity contribution in [3.63, 3.8) is 0 Å². The SMILES string of the molecule is CCCC(NC(=O)C1CC2CN1C(=O)C(C1CCCCC1)NC(=O)CCc1cccc(c1)OCCO2)C(=O)C(=O)NCC(=O)NC(C(=O)N(C)C)c1ccccc1. The summed E-state index contributed by atoms with van der Waals surface area (Å²) in [6, 6.07) is 12.0. The fraction of sp³-hybridized carbons (Fsp3) is 0.548. The third-order valence-corrected chi connectivity index (χ3v) is 10.8. The normalized spacial score (nSPS) is 21.6. The van der Waals surface area contributed by atoms with Gasteiger partial charge in [-0.1, -0.05) is 75.1 Å². The van der Waals surface area contributed by atoms with Crippen molar-refractivity contribution in [1.29, 1.82) is 0 Å². The topological polar surface area (TPSA) is 193 Å². The average Bonchev–Trinajstić information content (AvgIpc) is 3.66. The van der Waals surface area contributed by atoms with Gasteiger partial charge in [0, 0.05) is 33.5 Å². The van der Waals surface area contributed by atoms with Crippen LogP contribution in [-0.4, -0.2) is 116 Å². The number of hydrogen-bond donors (Lipinski definition) is 4. The van der Waals surface area contributed by atoms with Gasteiger partial charge in [-0.2, -0.15) is 0 Å². The summed E-state index contributed by atoms with van der Waals surface area (Å²) in [6.07, 6.45) is 5.22. The lowest BCUT2D eigenvalue weighted by atomic mass is 9.83. The first-order valence-electron chi connectivity index (χ1n) is 20.1. The fourth-order valence-electron chi connectivity index (χ4n) is 7.74. The fourth-order valence-corrected chi connectivity index (χ4v) is 7.74. The molecular weight excluding hydrogens is 732 g/mol. The van der Waals surface area contributed by atoms with Crippen LogP contribution < -0.4 is 26.0 Å². The molecule has 1 saturated heterocycles. The number of likely N-dealkylation sites (N-methyl/N-ethyl adjacent to an activating group) is 1. The van der Waals surface area contributed by atoms with E-state index in [0.29, 0.717) is 24.2 Å². The molecule has 2 fully saturated rings. The number of Topliss-reactive ketones (excluding diaryl/α,β-unsaturated/α-hetero) is 1. The zero-order valence-electron chi connectivity index (χ0n) is 33.1. The summed E-state index contributed by atoms with van der Waals surface area (Å²) in [5.74, 6) is -3.83. The van der Waals surface area contributed by atoms with Crippen LogP contribution >= 0.6 is 0 Å². The molecule has 4 bridgehead atoms. The molecule has 1 aliphatic carbocycles. The molecule has 6 amide bonds. The Morgan fingerprint density at radius 1 is 0.930 bits per heavy atom. The van der Waals surface area contributed by atoms with Crippen LogP contribution in [0.1, 0.15) is 81.9 Å². The van der Waals surface area contributed by atoms with Crippen LogP contribution in [-0.2, 0) is 44.7 Å². The largest absolute Gasteiger partial charge is 0.491 e. The van der Waals surface area contributed by atoms with Crippen molar-refractivity contribution in [2.24, 2.45) is 5.92 Å². The summed E-state index contributed by atoms with van der Waals surface area (Å²) in [5.41, 5.74) is 1.48. The second-order valence-electron chi connectivity index (χ2n) is 15.2. The summed E-state index contributed by atoms with van der Waals surface area (Å²) in [4.78, 5) is 97.2. The van der Waals surface area contributed by atoms with Gasteiger partial charge in [0.1, 0.15) is 30.5 Å². The van der Waals surface area contributed by atoms with E-state index >= 15 is 0 Å². The molecule has 2 aromatic carbocycles. The zero-order chi connectivity index (χ0) is 40.9. The summed E-state index contributed by atoms with van der Waals surface area (Å²) >= 11 is 0. The maximum atomic E-state index is 14.5. The van der Waals surface area contributed by atoms with Crippen LogP contribution in [0.15, 0.2) is 54.6 Å². The number of ether oxygens (including phenoxy) is 2. The summed E-state index contributed by atoms with van der Waals surface area (Å²) < 4.78 is 12.0. The molecule has 0 spiro atoms. The highest BCUT2D eigenvalue weighted by atomic mass is 16.5. The van der Waals surface area contributed by atoms with E-state index in [4.69, 9.17) is 9.47 Å². The number of hydrogen-bond acceptors (Lipinski definition) is 9. The van der Waals surface area contributed by atoms with Gasteiger partial charge in [-0.3, -0.25) is 33.6 Å². The molecule has 5 rings (SSSR count). The van der Waals surface area contributed by atoms with Gasteiger partial charge >= 0.3 is 0 Å². The standard InChI is InChI=1S/C42H56N6O9/c1-4-12-32(38(51)40(53)43-25-35(50)46-36(41(54)47(2)3)28-14-7-5-8-15-28)44-39(52)33-24-31-26-48(33)42(55)37(29-16-9-6-10-17-29)45-34(49)20-19-27-13-11-18-30(23-27)56-21-22-57-31/h5,7-8,11,13-15,18,23,29,31-33,36-37H,4,6,9-10,12,16-17,19-22,24-26H2,1-3H3,(H,43,53)(H,44,52)(H,45,49)(H,46,50). The predicted octanol–water partition coefficient (Wildman–Crippen LogP) is 1.98. The average molecular weight is 789 g/mol. The first kappa shape index (κ1) is 42.8. The lowest BCUT2D eigenvalue weighted by Crippen LogP contribution is -2.58. The van der Waals surface area contributed by atoms with Crippen molar-refractivity contribution in [2.45, 2.75) is 101 Å². The van der Waals surface area contributed by atoms with Gasteiger partial charge < -0.3 is 40.5 Å². The Hall–Kier alpha value is -5.31. The molecule has 0 radical (unpaired) electrons. The van der Waals surface area contributed by atoms with E-state index in [1.54, 1.807) is 51.4 Å². The second kappa shape index (κ2) is 20.7. The number of benzene rings is 2. The van der Waals surface area contributed by atoms with Crippen LogP contribution in [0.4, 0.5) is 0 Å². The van der Waals surface area contributed by atoms with E-state index in [0.717, 1.165) is 37.7 Å². The highest BCUT2D eigenvalue weighted by Crippen LogP contribution is 2.30. The molecule has 5 atom stereocenters. The molecule has 308 valence electrons. The molecule has 2 heterocycles. The lowest BCUT2D eigenvalue weighted by Gasteiger charge is -2.35. The van der Waals surface area contributed by atoms with E-state index in [2.05, 4.69) is 21.3 Å². The van der Waals surface area contributed by atoms with Crippen LogP contribution in [0.3, 0.4) is 0 Å². The molecule has 1 saturated carbocycles. The quantitative estimate of drug-likeness (QED) is 0.233. The van der Waals surface area contributed by atoms with Crippen molar-refractivity contribution in [3.8, 4) is 5.75 Å². The Morgan fingerprint density at radius 2 is 1.68 bits per heavy atom. The van der Waals surface area contributed by atoms with E-state index in [1.165, 1.54) is 9.80 Å². The molecular formula is C42H56N6O9. The summed E-state index contributed by atoms with van der Waals surface area (Å²) in [5, 5.41) is 10.7. The third-order valence-electron chi connectivity index (χ3n) is 10.8. The van der Waals surface area contributed by atoms with Crippen LogP contribution in [0.2, 0.25) is 0 Å². The number of aryl methyl sites for hydroxylation is 1. The van der Waals surface area contributed by atoms with Crippen molar-refractivity contribution >= 4 is 41.2 Å². The molecule has 57 heavy (non-hydrogen) atoms. The van der Waals surface area contributed by atoms with Crippen molar-refractivity contribution in [1.82, 2.24) is 31.1 Å². The number of nitrogens with one attached hydrogen (secondary N) is 4. The number of ketones is 1. The number of carbonyl (C=O) groups excluding carboxylic acids is 7. The molecule has 15 nitrogen and oxygen atoms in total. The minimum absolute atomic E-state index is 0.0911. The molecule has 2 aromatic rings. The number of carbonyl (C=O) groups is 7. The molecule has 3 aliphatic rings. The first-order valence-corrected chi connectivity index (χ1v) is 20.1. The van der Waals surface area contributed by atoms with Gasteiger partial charge in [0.2, 0.25) is 35.3 Å². The van der Waals surface area contributed by atoms with Gasteiger partial charge in [-0.25, -0.2) is 0 Å². The molecule has 4 N–H and O–H groups in total. The maximum Gasteiger partial charge on any atom is 0.290 e. The van der Waals surface area contributed by atoms with Crippen LogP contribution in [0.5, 0.6) is 5.75 Å². The Balaban J connectivity index is 1.28.